The maximum absolute atomic E-state index is 12.9. The average Bonchev–Trinajstić information content (AvgIpc) is 3.22. The summed E-state index contributed by atoms with van der Waals surface area (Å²) < 4.78 is 21.2. The molecule has 1 aromatic rings. The van der Waals surface area contributed by atoms with E-state index in [9.17, 15) is 4.21 Å². The SMILES string of the molecule is Cc1ccc(CCS(=N)(=O)CC2CCC(N(C)C3=C4C=CNC4NC=N3)CC2)cn1. The lowest BCUT2D eigenvalue weighted by Gasteiger charge is -2.37. The van der Waals surface area contributed by atoms with E-state index in [2.05, 4.69) is 38.6 Å². The smallest absolute Gasteiger partial charge is 0.137 e. The van der Waals surface area contributed by atoms with Crippen LogP contribution < -0.4 is 10.6 Å². The Bertz CT molecular complexity index is 942. The fraction of sp³-hybridized carbons (Fsp3) is 0.545. The maximum atomic E-state index is 12.9. The number of aliphatic imine (C=N–C) groups is 1. The van der Waals surface area contributed by atoms with Crippen LogP contribution in [0.5, 0.6) is 0 Å². The summed E-state index contributed by atoms with van der Waals surface area (Å²) in [4.78, 5) is 11.2. The zero-order valence-corrected chi connectivity index (χ0v) is 18.6. The molecule has 2 aliphatic heterocycles. The summed E-state index contributed by atoms with van der Waals surface area (Å²) in [7, 11) is -0.432. The van der Waals surface area contributed by atoms with Gasteiger partial charge in [0.1, 0.15) is 12.0 Å². The number of fused-ring (bicyclic) bond motifs is 1. The zero-order chi connectivity index (χ0) is 21.1. The summed E-state index contributed by atoms with van der Waals surface area (Å²) in [5, 5.41) is 6.50. The van der Waals surface area contributed by atoms with Crippen molar-refractivity contribution in [2.24, 2.45) is 10.9 Å². The number of hydrogen-bond donors (Lipinski definition) is 3. The number of pyridine rings is 1. The number of hydrogen-bond acceptors (Lipinski definition) is 7. The second-order valence-electron chi connectivity index (χ2n) is 8.66. The molecular weight excluding hydrogens is 396 g/mol. The van der Waals surface area contributed by atoms with Crippen molar-refractivity contribution in [3.05, 3.63) is 53.3 Å². The first kappa shape index (κ1) is 20.9. The summed E-state index contributed by atoms with van der Waals surface area (Å²) in [6.07, 6.45) is 12.6. The molecule has 162 valence electrons. The van der Waals surface area contributed by atoms with Crippen LogP contribution in [-0.2, 0) is 16.1 Å². The van der Waals surface area contributed by atoms with Gasteiger partial charge in [-0.2, -0.15) is 0 Å². The minimum Gasteiger partial charge on any atom is -0.368 e. The molecule has 1 saturated carbocycles. The Labute approximate surface area is 179 Å². The number of aryl methyl sites for hydroxylation is 2. The van der Waals surface area contributed by atoms with E-state index in [0.717, 1.165) is 42.8 Å². The van der Waals surface area contributed by atoms with E-state index in [1.807, 2.05) is 31.5 Å². The van der Waals surface area contributed by atoms with Crippen LogP contribution in [0, 0.1) is 17.6 Å². The van der Waals surface area contributed by atoms with Gasteiger partial charge in [0.05, 0.1) is 6.34 Å². The van der Waals surface area contributed by atoms with Crippen molar-refractivity contribution in [2.75, 3.05) is 18.6 Å². The molecule has 0 spiro atoms. The molecule has 1 fully saturated rings. The van der Waals surface area contributed by atoms with Crippen LogP contribution in [0.2, 0.25) is 0 Å². The Morgan fingerprint density at radius 1 is 1.23 bits per heavy atom. The Morgan fingerprint density at radius 3 is 2.77 bits per heavy atom. The van der Waals surface area contributed by atoms with Gasteiger partial charge in [-0.05, 0) is 68.9 Å². The normalized spacial score (nSPS) is 27.2. The molecule has 1 aromatic heterocycles. The molecule has 1 aliphatic carbocycles. The third kappa shape index (κ3) is 4.86. The molecule has 0 bridgehead atoms. The van der Waals surface area contributed by atoms with Crippen molar-refractivity contribution in [3.8, 4) is 0 Å². The van der Waals surface area contributed by atoms with Crippen molar-refractivity contribution < 1.29 is 4.21 Å². The van der Waals surface area contributed by atoms with Crippen LogP contribution in [0.1, 0.15) is 36.9 Å². The van der Waals surface area contributed by atoms with Gasteiger partial charge in [0.25, 0.3) is 0 Å². The van der Waals surface area contributed by atoms with E-state index in [0.29, 0.717) is 29.9 Å². The predicted octanol–water partition coefficient (Wildman–Crippen LogP) is 2.76. The van der Waals surface area contributed by atoms with Crippen LogP contribution in [0.4, 0.5) is 0 Å². The van der Waals surface area contributed by atoms with Crippen LogP contribution >= 0.6 is 0 Å². The van der Waals surface area contributed by atoms with Crippen molar-refractivity contribution in [1.82, 2.24) is 20.5 Å². The van der Waals surface area contributed by atoms with Crippen molar-refractivity contribution in [3.63, 3.8) is 0 Å². The lowest BCUT2D eigenvalue weighted by molar-refractivity contribution is 0.204. The van der Waals surface area contributed by atoms with Gasteiger partial charge in [-0.3, -0.25) is 9.76 Å². The Hall–Kier alpha value is -2.35. The molecule has 3 heterocycles. The number of nitrogens with zero attached hydrogens (tertiary/aromatic N) is 3. The largest absolute Gasteiger partial charge is 0.368 e. The summed E-state index contributed by atoms with van der Waals surface area (Å²) in [6.45, 7) is 1.96. The van der Waals surface area contributed by atoms with Gasteiger partial charge in [-0.1, -0.05) is 6.07 Å². The number of rotatable bonds is 7. The average molecular weight is 429 g/mol. The molecule has 4 rings (SSSR count). The standard InChI is InChI=1S/C22H32N6OS/c1-16-3-4-17(13-25-16)10-12-30(23,29)14-18-5-7-19(8-6-18)28(2)22-20-9-11-24-21(20)26-15-27-22/h3-4,9,11,13,15,18-19,21,23-24H,5-8,10,12,14H2,1-2H3,(H,26,27). The molecule has 0 radical (unpaired) electrons. The van der Waals surface area contributed by atoms with Crippen LogP contribution in [-0.4, -0.2) is 51.2 Å². The van der Waals surface area contributed by atoms with Gasteiger partial charge in [0, 0.05) is 51.8 Å². The molecule has 0 amide bonds. The lowest BCUT2D eigenvalue weighted by atomic mass is 9.86. The highest BCUT2D eigenvalue weighted by Gasteiger charge is 2.30. The Balaban J connectivity index is 1.28. The minimum atomic E-state index is -2.56. The van der Waals surface area contributed by atoms with Gasteiger partial charge in [-0.25, -0.2) is 9.20 Å². The zero-order valence-electron chi connectivity index (χ0n) is 17.8. The first-order valence-corrected chi connectivity index (χ1v) is 12.6. The topological polar surface area (TPSA) is 93.5 Å². The fourth-order valence-corrected chi connectivity index (χ4v) is 6.40. The number of aromatic nitrogens is 1. The third-order valence-electron chi connectivity index (χ3n) is 6.42. The molecule has 8 heteroatoms. The molecule has 0 aromatic carbocycles. The van der Waals surface area contributed by atoms with Crippen LogP contribution in [0.3, 0.4) is 0 Å². The van der Waals surface area contributed by atoms with Gasteiger partial charge < -0.3 is 15.5 Å². The first-order valence-electron chi connectivity index (χ1n) is 10.8. The molecule has 30 heavy (non-hydrogen) atoms. The van der Waals surface area contributed by atoms with Crippen molar-refractivity contribution in [1.29, 1.82) is 4.78 Å². The second-order valence-corrected chi connectivity index (χ2v) is 11.0. The lowest BCUT2D eigenvalue weighted by Crippen LogP contribution is -2.43. The van der Waals surface area contributed by atoms with Crippen molar-refractivity contribution >= 4 is 16.1 Å². The summed E-state index contributed by atoms with van der Waals surface area (Å²) in [6, 6.07) is 4.44. The van der Waals surface area contributed by atoms with Gasteiger partial charge >= 0.3 is 0 Å². The highest BCUT2D eigenvalue weighted by atomic mass is 32.2. The highest BCUT2D eigenvalue weighted by Crippen LogP contribution is 2.32. The van der Waals surface area contributed by atoms with Crippen molar-refractivity contribution in [2.45, 2.75) is 51.2 Å². The summed E-state index contributed by atoms with van der Waals surface area (Å²) in [5.74, 6) is 2.36. The van der Waals surface area contributed by atoms with E-state index in [1.165, 1.54) is 5.57 Å². The van der Waals surface area contributed by atoms with Gasteiger partial charge in [0.2, 0.25) is 0 Å². The quantitative estimate of drug-likeness (QED) is 0.621. The maximum Gasteiger partial charge on any atom is 0.137 e. The second kappa shape index (κ2) is 8.79. The van der Waals surface area contributed by atoms with Crippen LogP contribution in [0.15, 0.2) is 47.0 Å². The predicted molar refractivity (Wildman–Crippen MR) is 122 cm³/mol. The molecular formula is C22H32N6OS. The molecule has 3 N–H and O–H groups in total. The van der Waals surface area contributed by atoms with E-state index in [1.54, 1.807) is 6.34 Å². The molecule has 3 aliphatic rings. The van der Waals surface area contributed by atoms with Gasteiger partial charge in [-0.15, -0.1) is 0 Å². The molecule has 2 unspecified atom stereocenters. The van der Waals surface area contributed by atoms with Crippen LogP contribution in [0.25, 0.3) is 0 Å². The minimum absolute atomic E-state index is 0.119. The van der Waals surface area contributed by atoms with E-state index >= 15 is 0 Å². The van der Waals surface area contributed by atoms with E-state index in [4.69, 9.17) is 4.78 Å². The summed E-state index contributed by atoms with van der Waals surface area (Å²) in [5.41, 5.74) is 3.23. The molecule has 2 atom stereocenters. The molecule has 0 saturated heterocycles. The highest BCUT2D eigenvalue weighted by molar-refractivity contribution is 7.92. The third-order valence-corrected chi connectivity index (χ3v) is 8.29. The van der Waals surface area contributed by atoms with E-state index in [-0.39, 0.29) is 6.17 Å². The fourth-order valence-electron chi connectivity index (χ4n) is 4.57. The number of nitrogens with one attached hydrogen (secondary N) is 3. The monoisotopic (exact) mass is 428 g/mol. The molecule has 7 nitrogen and oxygen atoms in total. The van der Waals surface area contributed by atoms with Gasteiger partial charge in [0.15, 0.2) is 0 Å². The van der Waals surface area contributed by atoms with E-state index < -0.39 is 9.73 Å². The Morgan fingerprint density at radius 2 is 2.03 bits per heavy atom. The summed E-state index contributed by atoms with van der Waals surface area (Å²) >= 11 is 0. The first-order chi connectivity index (χ1) is 14.4. The Kier molecular flexibility index (Phi) is 6.13.